The molecule has 1 unspecified atom stereocenters. The number of aliphatic hydroxyl groups excluding tert-OH is 1. The van der Waals surface area contributed by atoms with E-state index in [1.54, 1.807) is 22.6 Å². The normalized spacial score (nSPS) is 27.3. The van der Waals surface area contributed by atoms with Gasteiger partial charge in [0, 0.05) is 25.8 Å². The maximum absolute atomic E-state index is 12.7. The molecule has 1 saturated carbocycles. The molecule has 22 heavy (non-hydrogen) atoms. The van der Waals surface area contributed by atoms with Crippen LogP contribution < -0.4 is 5.56 Å². The van der Waals surface area contributed by atoms with Crippen molar-refractivity contribution in [3.05, 3.63) is 33.2 Å². The molecule has 120 valence electrons. The van der Waals surface area contributed by atoms with Gasteiger partial charge in [0.15, 0.2) is 0 Å². The summed E-state index contributed by atoms with van der Waals surface area (Å²) in [5, 5.41) is 9.69. The average Bonchev–Trinajstić information content (AvgIpc) is 3.00. The van der Waals surface area contributed by atoms with Gasteiger partial charge in [-0.05, 0) is 49.7 Å². The number of fused-ring (bicyclic) bond motifs is 1. The van der Waals surface area contributed by atoms with Crippen LogP contribution in [0.1, 0.15) is 41.4 Å². The Kier molecular flexibility index (Phi) is 3.85. The Labute approximate surface area is 130 Å². The Morgan fingerprint density at radius 1 is 1.32 bits per heavy atom. The molecule has 1 aromatic heterocycles. The molecule has 2 fully saturated rings. The van der Waals surface area contributed by atoms with Gasteiger partial charge >= 0.3 is 0 Å². The van der Waals surface area contributed by atoms with Gasteiger partial charge in [-0.3, -0.25) is 9.59 Å². The fourth-order valence-corrected chi connectivity index (χ4v) is 4.20. The molecule has 3 rings (SSSR count). The highest BCUT2D eigenvalue weighted by Gasteiger charge is 2.42. The largest absolute Gasteiger partial charge is 0.393 e. The minimum Gasteiger partial charge on any atom is -0.393 e. The summed E-state index contributed by atoms with van der Waals surface area (Å²) in [5.74, 6) is 0.618. The van der Waals surface area contributed by atoms with Crippen molar-refractivity contribution in [3.63, 3.8) is 0 Å². The lowest BCUT2D eigenvalue weighted by atomic mass is 10.0. The number of aliphatic hydroxyl groups is 1. The summed E-state index contributed by atoms with van der Waals surface area (Å²) >= 11 is 0. The number of nitrogens with zero attached hydrogens (tertiary/aromatic N) is 2. The molecule has 3 atom stereocenters. The molecule has 1 N–H and O–H groups in total. The summed E-state index contributed by atoms with van der Waals surface area (Å²) in [7, 11) is 1.74. The molecular weight excluding hydrogens is 280 g/mol. The molecule has 0 radical (unpaired) electrons. The van der Waals surface area contributed by atoms with Crippen LogP contribution in [0.5, 0.6) is 0 Å². The fourth-order valence-electron chi connectivity index (χ4n) is 4.20. The Balaban J connectivity index is 1.87. The minimum absolute atomic E-state index is 0.157. The predicted molar refractivity (Wildman–Crippen MR) is 83.9 cm³/mol. The van der Waals surface area contributed by atoms with Crippen LogP contribution in [0.25, 0.3) is 0 Å². The van der Waals surface area contributed by atoms with Gasteiger partial charge in [-0.1, -0.05) is 6.92 Å². The molecule has 1 aliphatic carbocycles. The van der Waals surface area contributed by atoms with Crippen molar-refractivity contribution in [2.24, 2.45) is 18.9 Å². The summed E-state index contributed by atoms with van der Waals surface area (Å²) in [6.45, 7) is 5.29. The van der Waals surface area contributed by atoms with Crippen LogP contribution in [0.2, 0.25) is 0 Å². The number of hydrogen-bond acceptors (Lipinski definition) is 3. The third-order valence-electron chi connectivity index (χ3n) is 5.33. The Hall–Kier alpha value is -1.62. The van der Waals surface area contributed by atoms with Gasteiger partial charge in [-0.25, -0.2) is 0 Å². The third-order valence-corrected chi connectivity index (χ3v) is 5.33. The molecule has 1 saturated heterocycles. The third kappa shape index (κ3) is 2.37. The summed E-state index contributed by atoms with van der Waals surface area (Å²) in [4.78, 5) is 27.0. The van der Waals surface area contributed by atoms with Crippen molar-refractivity contribution in [2.75, 3.05) is 13.1 Å². The van der Waals surface area contributed by atoms with E-state index in [1.807, 2.05) is 13.8 Å². The number of amides is 1. The lowest BCUT2D eigenvalue weighted by Gasteiger charge is -2.19. The van der Waals surface area contributed by atoms with E-state index in [-0.39, 0.29) is 23.1 Å². The van der Waals surface area contributed by atoms with E-state index < -0.39 is 0 Å². The highest BCUT2D eigenvalue weighted by atomic mass is 16.3. The molecule has 1 amide bonds. The molecule has 0 spiro atoms. The van der Waals surface area contributed by atoms with E-state index >= 15 is 0 Å². The van der Waals surface area contributed by atoms with Gasteiger partial charge in [-0.2, -0.15) is 0 Å². The number of likely N-dealkylation sites (tertiary alicyclic amines) is 1. The zero-order chi connectivity index (χ0) is 16.0. The van der Waals surface area contributed by atoms with Crippen LogP contribution in [0.15, 0.2) is 10.9 Å². The first-order chi connectivity index (χ1) is 10.4. The maximum atomic E-state index is 12.7. The first kappa shape index (κ1) is 15.3. The van der Waals surface area contributed by atoms with E-state index in [4.69, 9.17) is 0 Å². The van der Waals surface area contributed by atoms with Crippen molar-refractivity contribution in [3.8, 4) is 0 Å². The smallest absolute Gasteiger partial charge is 0.263 e. The number of aromatic nitrogens is 1. The first-order valence-electron chi connectivity index (χ1n) is 8.09. The van der Waals surface area contributed by atoms with Crippen LogP contribution in [0, 0.1) is 18.8 Å². The monoisotopic (exact) mass is 304 g/mol. The minimum atomic E-state index is -0.216. The zero-order valence-corrected chi connectivity index (χ0v) is 13.5. The summed E-state index contributed by atoms with van der Waals surface area (Å²) < 4.78 is 1.60. The van der Waals surface area contributed by atoms with Crippen molar-refractivity contribution in [1.82, 2.24) is 9.47 Å². The van der Waals surface area contributed by atoms with Crippen LogP contribution in [-0.2, 0) is 13.5 Å². The molecule has 2 aliphatic rings. The van der Waals surface area contributed by atoms with Crippen LogP contribution in [-0.4, -0.2) is 39.7 Å². The summed E-state index contributed by atoms with van der Waals surface area (Å²) in [6.07, 6.45) is 2.12. The summed E-state index contributed by atoms with van der Waals surface area (Å²) in [6, 6.07) is 1.74. The van der Waals surface area contributed by atoms with Crippen molar-refractivity contribution in [2.45, 2.75) is 39.2 Å². The second kappa shape index (κ2) is 5.54. The zero-order valence-electron chi connectivity index (χ0n) is 13.5. The number of aryl methyl sites for hydroxylation is 1. The van der Waals surface area contributed by atoms with Gasteiger partial charge in [0.1, 0.15) is 5.56 Å². The number of pyridine rings is 1. The van der Waals surface area contributed by atoms with Gasteiger partial charge in [0.25, 0.3) is 11.5 Å². The second-order valence-corrected chi connectivity index (χ2v) is 6.76. The van der Waals surface area contributed by atoms with Crippen molar-refractivity contribution in [1.29, 1.82) is 0 Å². The Morgan fingerprint density at radius 2 is 1.91 bits per heavy atom. The summed E-state index contributed by atoms with van der Waals surface area (Å²) in [5.41, 5.74) is 2.04. The van der Waals surface area contributed by atoms with Crippen molar-refractivity contribution < 1.29 is 9.90 Å². The van der Waals surface area contributed by atoms with Crippen LogP contribution >= 0.6 is 0 Å². The molecule has 1 aliphatic heterocycles. The highest BCUT2D eigenvalue weighted by Crippen LogP contribution is 2.38. The Bertz CT molecular complexity index is 651. The molecular formula is C17H24N2O3. The fraction of sp³-hybridized carbons (Fsp3) is 0.647. The van der Waals surface area contributed by atoms with Gasteiger partial charge < -0.3 is 14.6 Å². The highest BCUT2D eigenvalue weighted by molar-refractivity contribution is 5.94. The number of rotatable bonds is 2. The lowest BCUT2D eigenvalue weighted by Crippen LogP contribution is -2.36. The van der Waals surface area contributed by atoms with E-state index in [1.165, 1.54) is 0 Å². The lowest BCUT2D eigenvalue weighted by molar-refractivity contribution is 0.0762. The van der Waals surface area contributed by atoms with Crippen molar-refractivity contribution >= 4 is 5.91 Å². The molecule has 5 nitrogen and oxygen atoms in total. The second-order valence-electron chi connectivity index (χ2n) is 6.76. The molecule has 5 heteroatoms. The van der Waals surface area contributed by atoms with E-state index in [9.17, 15) is 14.7 Å². The standard InChI is InChI=1S/C17H24N2O3/c1-4-15-10(2)5-14(16(21)18(15)3)17(22)19-8-11-6-13(20)7-12(11)9-19/h5,11-13,20H,4,6-9H2,1-3H3/t11-,12+,13?. The number of hydrogen-bond donors (Lipinski definition) is 1. The molecule has 2 heterocycles. The van der Waals surface area contributed by atoms with E-state index in [0.717, 1.165) is 30.5 Å². The number of carbonyl (C=O) groups is 1. The Morgan fingerprint density at radius 3 is 2.45 bits per heavy atom. The van der Waals surface area contributed by atoms with Crippen LogP contribution in [0.3, 0.4) is 0 Å². The maximum Gasteiger partial charge on any atom is 0.263 e. The van der Waals surface area contributed by atoms with E-state index in [0.29, 0.717) is 24.9 Å². The topological polar surface area (TPSA) is 62.5 Å². The van der Waals surface area contributed by atoms with E-state index in [2.05, 4.69) is 0 Å². The van der Waals surface area contributed by atoms with Gasteiger partial charge in [0.05, 0.1) is 6.10 Å². The predicted octanol–water partition coefficient (Wildman–Crippen LogP) is 1.10. The van der Waals surface area contributed by atoms with Crippen LogP contribution in [0.4, 0.5) is 0 Å². The molecule has 1 aromatic rings. The molecule has 0 bridgehead atoms. The SMILES string of the molecule is CCc1c(C)cc(C(=O)N2C[C@H]3CC(O)C[C@H]3C2)c(=O)n1C. The molecule has 0 aromatic carbocycles. The number of carbonyl (C=O) groups excluding carboxylic acids is 1. The first-order valence-corrected chi connectivity index (χ1v) is 8.09. The van der Waals surface area contributed by atoms with Gasteiger partial charge in [0.2, 0.25) is 0 Å². The quantitative estimate of drug-likeness (QED) is 0.890. The van der Waals surface area contributed by atoms with Gasteiger partial charge in [-0.15, -0.1) is 0 Å². The average molecular weight is 304 g/mol.